The lowest BCUT2D eigenvalue weighted by Gasteiger charge is -2.30. The summed E-state index contributed by atoms with van der Waals surface area (Å²) in [5.74, 6) is 0.546. The molecule has 3 aromatic rings. The highest BCUT2D eigenvalue weighted by Crippen LogP contribution is 2.32. The number of hydrogen-bond acceptors (Lipinski definition) is 4. The van der Waals surface area contributed by atoms with E-state index >= 15 is 0 Å². The predicted molar refractivity (Wildman–Crippen MR) is 110 cm³/mol. The third-order valence-electron chi connectivity index (χ3n) is 4.92. The minimum atomic E-state index is -0.251. The lowest BCUT2D eigenvalue weighted by Crippen LogP contribution is -2.25. The number of fused-ring (bicyclic) bond motifs is 1. The lowest BCUT2D eigenvalue weighted by molar-refractivity contribution is 0.101. The molecule has 0 saturated heterocycles. The highest BCUT2D eigenvalue weighted by Gasteiger charge is 2.19. The zero-order valence-electron chi connectivity index (χ0n) is 15.7. The van der Waals surface area contributed by atoms with Gasteiger partial charge in [0.25, 0.3) is 5.91 Å². The Morgan fingerprint density at radius 1 is 1.00 bits per heavy atom. The van der Waals surface area contributed by atoms with E-state index in [1.807, 2.05) is 12.1 Å². The van der Waals surface area contributed by atoms with Gasteiger partial charge in [0.2, 0.25) is 0 Å². The SMILES string of the molecule is CC(=O)c1cccc(NC(=O)c2ccc(N3CCCc4ccccc43)nc2)c1. The Hall–Kier alpha value is -3.47. The molecule has 1 aliphatic heterocycles. The van der Waals surface area contributed by atoms with Gasteiger partial charge >= 0.3 is 0 Å². The number of aryl methyl sites for hydroxylation is 1. The first-order chi connectivity index (χ1) is 13.6. The van der Waals surface area contributed by atoms with Crippen LogP contribution >= 0.6 is 0 Å². The summed E-state index contributed by atoms with van der Waals surface area (Å²) >= 11 is 0. The maximum absolute atomic E-state index is 12.5. The molecule has 1 N–H and O–H groups in total. The Balaban J connectivity index is 1.52. The molecule has 0 spiro atoms. The molecule has 4 rings (SSSR count). The molecular weight excluding hydrogens is 350 g/mol. The number of nitrogens with zero attached hydrogens (tertiary/aromatic N) is 2. The average Bonchev–Trinajstić information content (AvgIpc) is 2.73. The molecule has 0 saturated carbocycles. The summed E-state index contributed by atoms with van der Waals surface area (Å²) in [6.07, 6.45) is 3.75. The van der Waals surface area contributed by atoms with Crippen LogP contribution < -0.4 is 10.2 Å². The monoisotopic (exact) mass is 371 g/mol. The van der Waals surface area contributed by atoms with Gasteiger partial charge in [-0.15, -0.1) is 0 Å². The van der Waals surface area contributed by atoms with Gasteiger partial charge in [-0.1, -0.05) is 30.3 Å². The number of carbonyl (C=O) groups excluding carboxylic acids is 2. The molecule has 0 fully saturated rings. The van der Waals surface area contributed by atoms with Gasteiger partial charge in [-0.25, -0.2) is 4.98 Å². The number of aromatic nitrogens is 1. The number of anilines is 3. The number of benzene rings is 2. The van der Waals surface area contributed by atoms with E-state index in [9.17, 15) is 9.59 Å². The number of ketones is 1. The van der Waals surface area contributed by atoms with Crippen molar-refractivity contribution in [3.8, 4) is 0 Å². The number of hydrogen-bond donors (Lipinski definition) is 1. The maximum Gasteiger partial charge on any atom is 0.257 e. The second-order valence-corrected chi connectivity index (χ2v) is 6.88. The predicted octanol–water partition coefficient (Wildman–Crippen LogP) is 4.62. The van der Waals surface area contributed by atoms with Gasteiger partial charge in [0.05, 0.1) is 5.56 Å². The van der Waals surface area contributed by atoms with Crippen LogP contribution in [0.3, 0.4) is 0 Å². The van der Waals surface area contributed by atoms with E-state index in [4.69, 9.17) is 0 Å². The summed E-state index contributed by atoms with van der Waals surface area (Å²) in [4.78, 5) is 30.7. The molecule has 140 valence electrons. The number of nitrogens with one attached hydrogen (secondary N) is 1. The maximum atomic E-state index is 12.5. The van der Waals surface area contributed by atoms with E-state index in [2.05, 4.69) is 33.4 Å². The Kier molecular flexibility index (Phi) is 4.89. The first kappa shape index (κ1) is 17.9. The van der Waals surface area contributed by atoms with Gasteiger partial charge in [-0.3, -0.25) is 9.59 Å². The molecule has 0 atom stereocenters. The zero-order valence-corrected chi connectivity index (χ0v) is 15.7. The minimum absolute atomic E-state index is 0.0380. The van der Waals surface area contributed by atoms with E-state index in [0.29, 0.717) is 16.8 Å². The minimum Gasteiger partial charge on any atom is -0.326 e. The molecule has 0 unspecified atom stereocenters. The largest absolute Gasteiger partial charge is 0.326 e. The standard InChI is InChI=1S/C23H21N3O2/c1-16(27)18-7-4-9-20(14-18)25-23(28)19-11-12-22(24-15-19)26-13-5-8-17-6-2-3-10-21(17)26/h2-4,6-7,9-12,14-15H,5,8,13H2,1H3,(H,25,28). The van der Waals surface area contributed by atoms with Crippen LogP contribution in [0.5, 0.6) is 0 Å². The van der Waals surface area contributed by atoms with Crippen molar-refractivity contribution in [2.45, 2.75) is 19.8 Å². The molecule has 5 heteroatoms. The van der Waals surface area contributed by atoms with Crippen molar-refractivity contribution in [2.75, 3.05) is 16.8 Å². The van der Waals surface area contributed by atoms with Crippen molar-refractivity contribution >= 4 is 28.9 Å². The zero-order chi connectivity index (χ0) is 19.5. The number of Topliss-reactive ketones (excluding diaryl/α,β-unsaturated/α-hetero) is 1. The summed E-state index contributed by atoms with van der Waals surface area (Å²) in [5.41, 5.74) is 4.13. The van der Waals surface area contributed by atoms with Crippen LogP contribution in [-0.4, -0.2) is 23.2 Å². The smallest absolute Gasteiger partial charge is 0.257 e. The van der Waals surface area contributed by atoms with Crippen molar-refractivity contribution < 1.29 is 9.59 Å². The van der Waals surface area contributed by atoms with Gasteiger partial charge in [-0.05, 0) is 55.7 Å². The van der Waals surface area contributed by atoms with Crippen LogP contribution in [0.25, 0.3) is 0 Å². The van der Waals surface area contributed by atoms with Gasteiger partial charge in [0.1, 0.15) is 5.82 Å². The molecule has 5 nitrogen and oxygen atoms in total. The third-order valence-corrected chi connectivity index (χ3v) is 4.92. The second kappa shape index (κ2) is 7.64. The van der Waals surface area contributed by atoms with Gasteiger partial charge in [-0.2, -0.15) is 0 Å². The van der Waals surface area contributed by atoms with E-state index in [1.165, 1.54) is 18.2 Å². The molecule has 2 aromatic carbocycles. The second-order valence-electron chi connectivity index (χ2n) is 6.88. The number of amides is 1. The fourth-order valence-electron chi connectivity index (χ4n) is 3.47. The average molecular weight is 371 g/mol. The molecule has 1 amide bonds. The summed E-state index contributed by atoms with van der Waals surface area (Å²) in [6.45, 7) is 2.41. The number of para-hydroxylation sites is 1. The molecule has 28 heavy (non-hydrogen) atoms. The van der Waals surface area contributed by atoms with Crippen LogP contribution in [0.2, 0.25) is 0 Å². The fourth-order valence-corrected chi connectivity index (χ4v) is 3.47. The molecule has 2 heterocycles. The van der Waals surface area contributed by atoms with Crippen LogP contribution in [0.1, 0.15) is 39.6 Å². The van der Waals surface area contributed by atoms with E-state index in [0.717, 1.165) is 25.2 Å². The molecule has 0 bridgehead atoms. The molecule has 0 aliphatic carbocycles. The topological polar surface area (TPSA) is 62.3 Å². The normalized spacial score (nSPS) is 13.0. The van der Waals surface area contributed by atoms with E-state index in [-0.39, 0.29) is 11.7 Å². The number of carbonyl (C=O) groups is 2. The first-order valence-electron chi connectivity index (χ1n) is 9.36. The van der Waals surface area contributed by atoms with Crippen LogP contribution in [0.4, 0.5) is 17.2 Å². The molecule has 1 aromatic heterocycles. The van der Waals surface area contributed by atoms with Crippen LogP contribution in [0.15, 0.2) is 66.9 Å². The van der Waals surface area contributed by atoms with Gasteiger partial charge in [0.15, 0.2) is 5.78 Å². The highest BCUT2D eigenvalue weighted by atomic mass is 16.1. The Morgan fingerprint density at radius 2 is 1.86 bits per heavy atom. The fraction of sp³-hybridized carbons (Fsp3) is 0.174. The van der Waals surface area contributed by atoms with Crippen LogP contribution in [-0.2, 0) is 6.42 Å². The van der Waals surface area contributed by atoms with E-state index in [1.54, 1.807) is 36.5 Å². The molecule has 1 aliphatic rings. The van der Waals surface area contributed by atoms with Crippen molar-refractivity contribution in [1.29, 1.82) is 0 Å². The first-order valence-corrected chi connectivity index (χ1v) is 9.36. The number of pyridine rings is 1. The van der Waals surface area contributed by atoms with Crippen LogP contribution in [0, 0.1) is 0 Å². The molecule has 0 radical (unpaired) electrons. The Morgan fingerprint density at radius 3 is 2.64 bits per heavy atom. The third kappa shape index (κ3) is 3.64. The number of rotatable bonds is 4. The highest BCUT2D eigenvalue weighted by molar-refractivity contribution is 6.05. The lowest BCUT2D eigenvalue weighted by atomic mass is 10.0. The molecular formula is C23H21N3O2. The van der Waals surface area contributed by atoms with Crippen molar-refractivity contribution in [3.05, 3.63) is 83.6 Å². The quantitative estimate of drug-likeness (QED) is 0.680. The summed E-state index contributed by atoms with van der Waals surface area (Å²) in [7, 11) is 0. The van der Waals surface area contributed by atoms with Gasteiger partial charge in [0, 0.05) is 29.7 Å². The van der Waals surface area contributed by atoms with Gasteiger partial charge < -0.3 is 10.2 Å². The van der Waals surface area contributed by atoms with Crippen molar-refractivity contribution in [2.24, 2.45) is 0 Å². The van der Waals surface area contributed by atoms with Crippen molar-refractivity contribution in [3.63, 3.8) is 0 Å². The van der Waals surface area contributed by atoms with E-state index < -0.39 is 0 Å². The Bertz CT molecular complexity index is 1030. The summed E-state index contributed by atoms with van der Waals surface area (Å²) in [5, 5.41) is 2.82. The van der Waals surface area contributed by atoms with Crippen molar-refractivity contribution in [1.82, 2.24) is 4.98 Å². The Labute approximate surface area is 164 Å². The summed E-state index contributed by atoms with van der Waals surface area (Å²) < 4.78 is 0. The summed E-state index contributed by atoms with van der Waals surface area (Å²) in [6, 6.07) is 18.9.